The number of carbonyl (C=O) groups excluding carboxylic acids is 1. The van der Waals surface area contributed by atoms with Crippen molar-refractivity contribution in [1.82, 2.24) is 4.98 Å². The molecule has 21 heavy (non-hydrogen) atoms. The molecule has 1 aromatic carbocycles. The number of anilines is 1. The van der Waals surface area contributed by atoms with Gasteiger partial charge in [0.25, 0.3) is 0 Å². The molecular weight excluding hydrogens is 262 g/mol. The van der Waals surface area contributed by atoms with Crippen LogP contribution in [0.15, 0.2) is 30.5 Å². The Morgan fingerprint density at radius 2 is 2.19 bits per heavy atom. The highest BCUT2D eigenvalue weighted by Crippen LogP contribution is 2.43. The van der Waals surface area contributed by atoms with Crippen molar-refractivity contribution in [3.05, 3.63) is 36.0 Å². The van der Waals surface area contributed by atoms with Crippen molar-refractivity contribution in [3.63, 3.8) is 0 Å². The molecule has 0 atom stereocenters. The fourth-order valence-electron chi connectivity index (χ4n) is 3.09. The minimum atomic E-state index is 0.0306. The molecule has 1 heterocycles. The largest absolute Gasteiger partial charge is 0.330 e. The van der Waals surface area contributed by atoms with Crippen LogP contribution in [0.5, 0.6) is 0 Å². The zero-order valence-electron chi connectivity index (χ0n) is 12.4. The number of pyridine rings is 1. The molecule has 110 valence electrons. The minimum absolute atomic E-state index is 0.0306. The first-order valence-corrected chi connectivity index (χ1v) is 7.48. The van der Waals surface area contributed by atoms with Crippen molar-refractivity contribution in [2.24, 2.45) is 11.1 Å². The van der Waals surface area contributed by atoms with Gasteiger partial charge in [0.1, 0.15) is 0 Å². The lowest BCUT2D eigenvalue weighted by Gasteiger charge is -2.40. The van der Waals surface area contributed by atoms with Crippen molar-refractivity contribution in [2.45, 2.75) is 32.6 Å². The smallest absolute Gasteiger partial charge is 0.224 e. The van der Waals surface area contributed by atoms with Gasteiger partial charge in [-0.25, -0.2) is 0 Å². The lowest BCUT2D eigenvalue weighted by molar-refractivity contribution is -0.119. The average molecular weight is 283 g/mol. The zero-order chi connectivity index (χ0) is 14.9. The van der Waals surface area contributed by atoms with E-state index in [1.807, 2.05) is 31.2 Å². The third-order valence-electron chi connectivity index (χ3n) is 4.63. The maximum Gasteiger partial charge on any atom is 0.224 e. The normalized spacial score (nSPS) is 16.5. The predicted molar refractivity (Wildman–Crippen MR) is 85.1 cm³/mol. The highest BCUT2D eigenvalue weighted by Gasteiger charge is 2.37. The Kier molecular flexibility index (Phi) is 3.64. The first-order valence-electron chi connectivity index (χ1n) is 7.48. The fourth-order valence-corrected chi connectivity index (χ4v) is 3.09. The van der Waals surface area contributed by atoms with Crippen LogP contribution in [0.3, 0.4) is 0 Å². The van der Waals surface area contributed by atoms with Crippen LogP contribution < -0.4 is 11.1 Å². The van der Waals surface area contributed by atoms with Gasteiger partial charge in [0.15, 0.2) is 0 Å². The summed E-state index contributed by atoms with van der Waals surface area (Å²) < 4.78 is 0. The number of hydrogen-bond donors (Lipinski definition) is 2. The molecule has 0 radical (unpaired) electrons. The van der Waals surface area contributed by atoms with E-state index in [2.05, 4.69) is 10.3 Å². The van der Waals surface area contributed by atoms with E-state index < -0.39 is 0 Å². The van der Waals surface area contributed by atoms with E-state index in [0.717, 1.165) is 35.0 Å². The van der Waals surface area contributed by atoms with Crippen LogP contribution in [0.1, 0.15) is 31.2 Å². The van der Waals surface area contributed by atoms with E-state index in [1.54, 1.807) is 6.20 Å². The molecule has 3 N–H and O–H groups in total. The van der Waals surface area contributed by atoms with Crippen LogP contribution in [0, 0.1) is 12.3 Å². The number of aromatic nitrogens is 1. The second-order valence-corrected chi connectivity index (χ2v) is 6.11. The van der Waals surface area contributed by atoms with Gasteiger partial charge >= 0.3 is 0 Å². The van der Waals surface area contributed by atoms with E-state index >= 15 is 0 Å². The molecule has 1 aliphatic rings. The van der Waals surface area contributed by atoms with Crippen LogP contribution >= 0.6 is 0 Å². The van der Waals surface area contributed by atoms with Gasteiger partial charge in [-0.05, 0) is 55.5 Å². The molecule has 1 fully saturated rings. The molecular formula is C17H21N3O. The van der Waals surface area contributed by atoms with Crippen LogP contribution in [0.25, 0.3) is 10.9 Å². The molecule has 4 nitrogen and oxygen atoms in total. The number of rotatable bonds is 4. The average Bonchev–Trinajstić information content (AvgIpc) is 2.46. The third-order valence-corrected chi connectivity index (χ3v) is 4.63. The third kappa shape index (κ3) is 2.63. The molecule has 2 aromatic rings. The van der Waals surface area contributed by atoms with Crippen molar-refractivity contribution in [3.8, 4) is 0 Å². The number of hydrogen-bond acceptors (Lipinski definition) is 3. The van der Waals surface area contributed by atoms with Crippen LogP contribution in [-0.2, 0) is 4.79 Å². The summed E-state index contributed by atoms with van der Waals surface area (Å²) in [6.07, 6.45) is 5.60. The molecule has 0 spiro atoms. The first kappa shape index (κ1) is 14.0. The molecule has 1 saturated carbocycles. The fraction of sp³-hybridized carbons (Fsp3) is 0.412. The summed E-state index contributed by atoms with van der Waals surface area (Å²) in [5.74, 6) is 0.0501. The Bertz CT molecular complexity index is 671. The lowest BCUT2D eigenvalue weighted by atomic mass is 9.66. The maximum atomic E-state index is 12.3. The molecule has 0 bridgehead atoms. The highest BCUT2D eigenvalue weighted by atomic mass is 16.1. The molecule has 0 aliphatic heterocycles. The van der Waals surface area contributed by atoms with Gasteiger partial charge in [-0.15, -0.1) is 0 Å². The number of fused-ring (bicyclic) bond motifs is 1. The maximum absolute atomic E-state index is 12.3. The molecule has 3 rings (SSSR count). The molecule has 0 saturated heterocycles. The molecule has 1 amide bonds. The van der Waals surface area contributed by atoms with Gasteiger partial charge < -0.3 is 11.1 Å². The number of nitrogens with one attached hydrogen (secondary N) is 1. The SMILES string of the molecule is Cc1ccc(NC(=O)CC2(CN)CCC2)c2cccnc12. The van der Waals surface area contributed by atoms with Gasteiger partial charge in [-0.1, -0.05) is 12.5 Å². The van der Waals surface area contributed by atoms with E-state index in [4.69, 9.17) is 5.73 Å². The minimum Gasteiger partial charge on any atom is -0.330 e. The van der Waals surface area contributed by atoms with E-state index in [1.165, 1.54) is 6.42 Å². The molecule has 0 unspecified atom stereocenters. The van der Waals surface area contributed by atoms with Gasteiger partial charge in [0.05, 0.1) is 11.2 Å². The van der Waals surface area contributed by atoms with Crippen LogP contribution in [0.4, 0.5) is 5.69 Å². The van der Waals surface area contributed by atoms with Gasteiger partial charge in [-0.2, -0.15) is 0 Å². The lowest BCUT2D eigenvalue weighted by Crippen LogP contribution is -2.40. The first-order chi connectivity index (χ1) is 10.1. The van der Waals surface area contributed by atoms with Crippen molar-refractivity contribution in [2.75, 3.05) is 11.9 Å². The summed E-state index contributed by atoms with van der Waals surface area (Å²) in [4.78, 5) is 16.7. The number of amides is 1. The van der Waals surface area contributed by atoms with Crippen molar-refractivity contribution < 1.29 is 4.79 Å². The van der Waals surface area contributed by atoms with E-state index in [9.17, 15) is 4.79 Å². The Labute approximate surface area is 124 Å². The van der Waals surface area contributed by atoms with Crippen LogP contribution in [0.2, 0.25) is 0 Å². The number of nitrogens with zero attached hydrogens (tertiary/aromatic N) is 1. The number of nitrogens with two attached hydrogens (primary N) is 1. The number of carbonyl (C=O) groups is 1. The molecule has 4 heteroatoms. The number of benzene rings is 1. The predicted octanol–water partition coefficient (Wildman–Crippen LogP) is 3.00. The summed E-state index contributed by atoms with van der Waals surface area (Å²) in [5.41, 5.74) is 8.74. The highest BCUT2D eigenvalue weighted by molar-refractivity contribution is 6.02. The van der Waals surface area contributed by atoms with Crippen molar-refractivity contribution >= 4 is 22.5 Å². The van der Waals surface area contributed by atoms with E-state index in [0.29, 0.717) is 13.0 Å². The molecule has 1 aromatic heterocycles. The van der Waals surface area contributed by atoms with Gasteiger partial charge in [0, 0.05) is 18.0 Å². The molecule has 1 aliphatic carbocycles. The Balaban J connectivity index is 1.82. The Morgan fingerprint density at radius 3 is 2.86 bits per heavy atom. The van der Waals surface area contributed by atoms with Crippen molar-refractivity contribution in [1.29, 1.82) is 0 Å². The standard InChI is InChI=1S/C17H21N3O/c1-12-5-6-14(13-4-2-9-19-16(12)13)20-15(21)10-17(11-18)7-3-8-17/h2,4-6,9H,3,7-8,10-11,18H2,1H3,(H,20,21). The second-order valence-electron chi connectivity index (χ2n) is 6.11. The summed E-state index contributed by atoms with van der Waals surface area (Å²) in [6.45, 7) is 2.62. The summed E-state index contributed by atoms with van der Waals surface area (Å²) in [6, 6.07) is 7.83. The Hall–Kier alpha value is -1.94. The summed E-state index contributed by atoms with van der Waals surface area (Å²) in [5, 5.41) is 4.02. The number of aryl methyl sites for hydroxylation is 1. The van der Waals surface area contributed by atoms with Gasteiger partial charge in [0.2, 0.25) is 5.91 Å². The quantitative estimate of drug-likeness (QED) is 0.906. The van der Waals surface area contributed by atoms with Crippen LogP contribution in [-0.4, -0.2) is 17.4 Å². The van der Waals surface area contributed by atoms with E-state index in [-0.39, 0.29) is 11.3 Å². The summed E-state index contributed by atoms with van der Waals surface area (Å²) >= 11 is 0. The summed E-state index contributed by atoms with van der Waals surface area (Å²) in [7, 11) is 0. The second kappa shape index (κ2) is 5.45. The monoisotopic (exact) mass is 283 g/mol. The van der Waals surface area contributed by atoms with Gasteiger partial charge in [-0.3, -0.25) is 9.78 Å². The Morgan fingerprint density at radius 1 is 1.38 bits per heavy atom. The topological polar surface area (TPSA) is 68.0 Å². The zero-order valence-corrected chi connectivity index (χ0v) is 12.4.